The fraction of sp³-hybridized carbons (Fsp3) is 0.364. The van der Waals surface area contributed by atoms with E-state index in [2.05, 4.69) is 15.1 Å². The molecule has 3 aromatic heterocycles. The summed E-state index contributed by atoms with van der Waals surface area (Å²) in [4.78, 5) is 21.0. The normalized spacial score (nSPS) is 17.7. The lowest BCUT2D eigenvalue weighted by Gasteiger charge is -2.09. The molecular formula is C22H24N4O3. The first-order valence-corrected chi connectivity index (χ1v) is 9.73. The summed E-state index contributed by atoms with van der Waals surface area (Å²) in [5, 5.41) is 4.25. The Hall–Kier alpha value is -3.22. The van der Waals surface area contributed by atoms with Crippen LogP contribution in [-0.4, -0.2) is 33.5 Å². The molecule has 1 fully saturated rings. The van der Waals surface area contributed by atoms with E-state index in [-0.39, 0.29) is 5.56 Å². The topological polar surface area (TPSA) is 79.1 Å². The van der Waals surface area contributed by atoms with Crippen molar-refractivity contribution < 1.29 is 9.47 Å². The summed E-state index contributed by atoms with van der Waals surface area (Å²) in [7, 11) is 3.29. The van der Waals surface area contributed by atoms with Gasteiger partial charge in [0.1, 0.15) is 5.75 Å². The molecule has 1 saturated carbocycles. The van der Waals surface area contributed by atoms with Gasteiger partial charge < -0.3 is 9.47 Å². The van der Waals surface area contributed by atoms with E-state index in [0.717, 1.165) is 29.8 Å². The predicted octanol–water partition coefficient (Wildman–Crippen LogP) is 2.55. The van der Waals surface area contributed by atoms with Crippen molar-refractivity contribution in [1.29, 1.82) is 0 Å². The van der Waals surface area contributed by atoms with Crippen molar-refractivity contribution in [3.63, 3.8) is 0 Å². The van der Waals surface area contributed by atoms with Gasteiger partial charge in [0.25, 0.3) is 5.56 Å². The first kappa shape index (κ1) is 19.1. The third-order valence-electron chi connectivity index (χ3n) is 5.26. The highest BCUT2D eigenvalue weighted by Crippen LogP contribution is 2.46. The van der Waals surface area contributed by atoms with Gasteiger partial charge in [-0.15, -0.1) is 5.10 Å². The first-order valence-electron chi connectivity index (χ1n) is 9.73. The van der Waals surface area contributed by atoms with Gasteiger partial charge in [-0.05, 0) is 43.0 Å². The second-order valence-electron chi connectivity index (χ2n) is 7.33. The zero-order valence-electron chi connectivity index (χ0n) is 16.6. The zero-order chi connectivity index (χ0) is 20.2. The first-order chi connectivity index (χ1) is 14.1. The maximum absolute atomic E-state index is 12.4. The number of pyridine rings is 2. The van der Waals surface area contributed by atoms with Crippen LogP contribution in [0.25, 0.3) is 0 Å². The monoisotopic (exact) mass is 392 g/mol. The standard InChI is InChI=1S/C22H24N4O3/c1-26-22(27)16(6-5-15-4-3-9-23-12-15)11-21(25-26)29-14-17-10-19(17)20-8-7-18(28-2)13-24-20/h3-4,7-9,11-13,17,19H,5-6,10,14H2,1-2H3/t17-,19+/m1/s1. The number of hydrogen-bond acceptors (Lipinski definition) is 6. The van der Waals surface area contributed by atoms with Crippen LogP contribution in [0.3, 0.4) is 0 Å². The molecule has 0 radical (unpaired) electrons. The van der Waals surface area contributed by atoms with E-state index in [1.807, 2.05) is 30.5 Å². The van der Waals surface area contributed by atoms with Gasteiger partial charge in [0, 0.05) is 48.6 Å². The van der Waals surface area contributed by atoms with Gasteiger partial charge in [-0.3, -0.25) is 14.8 Å². The smallest absolute Gasteiger partial charge is 0.269 e. The van der Waals surface area contributed by atoms with E-state index in [0.29, 0.717) is 36.3 Å². The molecule has 1 aliphatic carbocycles. The van der Waals surface area contributed by atoms with Gasteiger partial charge in [-0.25, -0.2) is 4.68 Å². The Balaban J connectivity index is 1.36. The van der Waals surface area contributed by atoms with Crippen LogP contribution in [-0.2, 0) is 19.9 Å². The molecule has 0 unspecified atom stereocenters. The number of aromatic nitrogens is 4. The van der Waals surface area contributed by atoms with Gasteiger partial charge in [0.15, 0.2) is 0 Å². The molecule has 150 valence electrons. The molecule has 0 bridgehead atoms. The minimum Gasteiger partial charge on any atom is -0.495 e. The van der Waals surface area contributed by atoms with E-state index in [9.17, 15) is 4.79 Å². The van der Waals surface area contributed by atoms with Crippen molar-refractivity contribution in [3.05, 3.63) is 76.1 Å². The summed E-state index contributed by atoms with van der Waals surface area (Å²) in [5.41, 5.74) is 2.77. The Kier molecular flexibility index (Phi) is 5.55. The van der Waals surface area contributed by atoms with Crippen LogP contribution in [0, 0.1) is 5.92 Å². The SMILES string of the molecule is COc1ccc([C@H]2C[C@@H]2COc2cc(CCc3cccnc3)c(=O)n(C)n2)nc1. The number of methoxy groups -OCH3 is 1. The van der Waals surface area contributed by atoms with Crippen molar-refractivity contribution in [3.8, 4) is 11.6 Å². The zero-order valence-corrected chi connectivity index (χ0v) is 16.6. The summed E-state index contributed by atoms with van der Waals surface area (Å²) >= 11 is 0. The molecule has 0 aromatic carbocycles. The average molecular weight is 392 g/mol. The molecule has 7 heteroatoms. The Morgan fingerprint density at radius 3 is 2.83 bits per heavy atom. The number of hydrogen-bond donors (Lipinski definition) is 0. The molecule has 0 N–H and O–H groups in total. The molecule has 0 amide bonds. The number of nitrogens with zero attached hydrogens (tertiary/aromatic N) is 4. The number of ether oxygens (including phenoxy) is 2. The lowest BCUT2D eigenvalue weighted by atomic mass is 10.1. The van der Waals surface area contributed by atoms with Crippen molar-refractivity contribution >= 4 is 0 Å². The van der Waals surface area contributed by atoms with Crippen LogP contribution in [0.15, 0.2) is 53.7 Å². The molecular weight excluding hydrogens is 368 g/mol. The highest BCUT2D eigenvalue weighted by Gasteiger charge is 2.40. The summed E-state index contributed by atoms with van der Waals surface area (Å²) in [5.74, 6) is 2.06. The second kappa shape index (κ2) is 8.43. The molecule has 0 spiro atoms. The van der Waals surface area contributed by atoms with Crippen molar-refractivity contribution in [1.82, 2.24) is 19.7 Å². The Bertz CT molecular complexity index is 1020. The Labute approximate surface area is 169 Å². The van der Waals surface area contributed by atoms with E-state index in [1.165, 1.54) is 4.68 Å². The van der Waals surface area contributed by atoms with E-state index < -0.39 is 0 Å². The minimum atomic E-state index is -0.0898. The van der Waals surface area contributed by atoms with Gasteiger partial charge >= 0.3 is 0 Å². The molecule has 4 rings (SSSR count). The van der Waals surface area contributed by atoms with Crippen molar-refractivity contribution in [2.45, 2.75) is 25.2 Å². The van der Waals surface area contributed by atoms with Gasteiger partial charge in [-0.2, -0.15) is 0 Å². The van der Waals surface area contributed by atoms with Gasteiger partial charge in [0.2, 0.25) is 5.88 Å². The third kappa shape index (κ3) is 4.62. The fourth-order valence-electron chi connectivity index (χ4n) is 3.43. The molecule has 7 nitrogen and oxygen atoms in total. The molecule has 2 atom stereocenters. The Morgan fingerprint density at radius 1 is 1.21 bits per heavy atom. The van der Waals surface area contributed by atoms with Crippen molar-refractivity contribution in [2.75, 3.05) is 13.7 Å². The average Bonchev–Trinajstić information content (AvgIpc) is 3.54. The molecule has 29 heavy (non-hydrogen) atoms. The van der Waals surface area contributed by atoms with Gasteiger partial charge in [-0.1, -0.05) is 6.07 Å². The maximum atomic E-state index is 12.4. The van der Waals surface area contributed by atoms with Crippen LogP contribution in [0.5, 0.6) is 11.6 Å². The lowest BCUT2D eigenvalue weighted by molar-refractivity contribution is 0.277. The van der Waals surface area contributed by atoms with Gasteiger partial charge in [0.05, 0.1) is 19.9 Å². The Morgan fingerprint density at radius 2 is 2.10 bits per heavy atom. The summed E-state index contributed by atoms with van der Waals surface area (Å²) < 4.78 is 12.4. The lowest BCUT2D eigenvalue weighted by Crippen LogP contribution is -2.24. The van der Waals surface area contributed by atoms with Crippen LogP contribution >= 0.6 is 0 Å². The van der Waals surface area contributed by atoms with Crippen LogP contribution in [0.2, 0.25) is 0 Å². The van der Waals surface area contributed by atoms with Crippen LogP contribution in [0.4, 0.5) is 0 Å². The molecule has 0 aliphatic heterocycles. The van der Waals surface area contributed by atoms with Crippen LogP contribution < -0.4 is 15.0 Å². The minimum absolute atomic E-state index is 0.0898. The largest absolute Gasteiger partial charge is 0.495 e. The quantitative estimate of drug-likeness (QED) is 0.586. The molecule has 1 aliphatic rings. The van der Waals surface area contributed by atoms with E-state index in [1.54, 1.807) is 32.6 Å². The fourth-order valence-corrected chi connectivity index (χ4v) is 3.43. The predicted molar refractivity (Wildman–Crippen MR) is 108 cm³/mol. The van der Waals surface area contributed by atoms with Crippen molar-refractivity contribution in [2.24, 2.45) is 13.0 Å². The summed E-state index contributed by atoms with van der Waals surface area (Å²) in [6, 6.07) is 9.61. The second-order valence-corrected chi connectivity index (χ2v) is 7.33. The molecule has 3 aromatic rings. The molecule has 3 heterocycles. The van der Waals surface area contributed by atoms with Crippen LogP contribution in [0.1, 0.15) is 29.2 Å². The maximum Gasteiger partial charge on any atom is 0.269 e. The highest BCUT2D eigenvalue weighted by molar-refractivity contribution is 5.25. The third-order valence-corrected chi connectivity index (χ3v) is 5.26. The summed E-state index contributed by atoms with van der Waals surface area (Å²) in [6.07, 6.45) is 7.73. The summed E-state index contributed by atoms with van der Waals surface area (Å²) in [6.45, 7) is 0.561. The number of rotatable bonds is 8. The van der Waals surface area contributed by atoms with E-state index in [4.69, 9.17) is 9.47 Å². The molecule has 0 saturated heterocycles. The van der Waals surface area contributed by atoms with E-state index >= 15 is 0 Å². The highest BCUT2D eigenvalue weighted by atomic mass is 16.5. The number of aryl methyl sites for hydroxylation is 3.